The second-order valence-corrected chi connectivity index (χ2v) is 8.43. The van der Waals surface area contributed by atoms with E-state index in [1.807, 2.05) is 23.2 Å². The molecule has 0 radical (unpaired) electrons. The van der Waals surface area contributed by atoms with Crippen LogP contribution in [0.15, 0.2) is 22.8 Å². The van der Waals surface area contributed by atoms with Gasteiger partial charge in [-0.3, -0.25) is 4.79 Å². The fourth-order valence-corrected chi connectivity index (χ4v) is 5.49. The number of carbonyl (C=O) groups is 1. The highest BCUT2D eigenvalue weighted by Crippen LogP contribution is 2.39. The van der Waals surface area contributed by atoms with Gasteiger partial charge >= 0.3 is 0 Å². The summed E-state index contributed by atoms with van der Waals surface area (Å²) in [6, 6.07) is 3.80. The van der Waals surface area contributed by atoms with E-state index < -0.39 is 0 Å². The van der Waals surface area contributed by atoms with Crippen LogP contribution >= 0.6 is 11.3 Å². The number of fused-ring (bicyclic) bond motifs is 3. The monoisotopic (exact) mass is 382 g/mol. The molecule has 7 heteroatoms. The molecule has 5 rings (SSSR count). The number of anilines is 1. The Morgan fingerprint density at radius 3 is 2.93 bits per heavy atom. The smallest absolute Gasteiger partial charge is 0.289 e. The van der Waals surface area contributed by atoms with Crippen LogP contribution in [0, 0.1) is 6.92 Å². The van der Waals surface area contributed by atoms with Crippen molar-refractivity contribution in [2.45, 2.75) is 45.1 Å². The van der Waals surface area contributed by atoms with E-state index in [0.717, 1.165) is 48.8 Å². The number of carbonyl (C=O) groups excluding carboxylic acids is 1. The Bertz CT molecular complexity index is 987. The first kappa shape index (κ1) is 16.7. The fourth-order valence-electron chi connectivity index (χ4n) is 4.18. The predicted molar refractivity (Wildman–Crippen MR) is 105 cm³/mol. The highest BCUT2D eigenvalue weighted by atomic mass is 32.1. The van der Waals surface area contributed by atoms with Crippen LogP contribution in [-0.4, -0.2) is 39.9 Å². The molecule has 27 heavy (non-hydrogen) atoms. The minimum atomic E-state index is -0.0191. The molecule has 4 heterocycles. The number of piperidine rings is 1. The summed E-state index contributed by atoms with van der Waals surface area (Å²) < 4.78 is 5.24. The Morgan fingerprint density at radius 2 is 2.15 bits per heavy atom. The standard InChI is InChI=1S/C20H22N4O2S/c1-12-21-18(17-14-4-2-6-16(14)27-19(17)22-12)23-13-7-9-24(10-8-13)20(25)15-5-3-11-26-15/h3,5,11,13H,2,4,6-10H2,1H3,(H,21,22,23). The van der Waals surface area contributed by atoms with Crippen molar-refractivity contribution in [1.82, 2.24) is 14.9 Å². The SMILES string of the molecule is Cc1nc(NC2CCN(C(=O)c3ccco3)CC2)c2c3c(sc2n1)CCC3. The molecule has 6 nitrogen and oxygen atoms in total. The number of aromatic nitrogens is 2. The van der Waals surface area contributed by atoms with Gasteiger partial charge in [0.05, 0.1) is 11.6 Å². The molecule has 0 spiro atoms. The average Bonchev–Trinajstić information content (AvgIpc) is 3.38. The predicted octanol–water partition coefficient (Wildman–Crippen LogP) is 3.80. The van der Waals surface area contributed by atoms with Crippen LogP contribution in [0.4, 0.5) is 5.82 Å². The topological polar surface area (TPSA) is 71.3 Å². The third-order valence-electron chi connectivity index (χ3n) is 5.53. The largest absolute Gasteiger partial charge is 0.459 e. The van der Waals surface area contributed by atoms with Gasteiger partial charge in [0.25, 0.3) is 5.91 Å². The van der Waals surface area contributed by atoms with Crippen molar-refractivity contribution in [3.05, 3.63) is 40.4 Å². The Morgan fingerprint density at radius 1 is 1.30 bits per heavy atom. The number of amides is 1. The van der Waals surface area contributed by atoms with Crippen molar-refractivity contribution in [3.63, 3.8) is 0 Å². The lowest BCUT2D eigenvalue weighted by Gasteiger charge is -2.32. The number of aryl methyl sites for hydroxylation is 3. The van der Waals surface area contributed by atoms with Crippen LogP contribution < -0.4 is 5.32 Å². The quantitative estimate of drug-likeness (QED) is 0.746. The van der Waals surface area contributed by atoms with Crippen LogP contribution in [0.1, 0.15) is 46.1 Å². The Balaban J connectivity index is 1.33. The Labute approximate surface area is 161 Å². The summed E-state index contributed by atoms with van der Waals surface area (Å²) in [5.41, 5.74) is 1.45. The number of hydrogen-bond donors (Lipinski definition) is 1. The molecule has 0 bridgehead atoms. The first-order valence-electron chi connectivity index (χ1n) is 9.57. The van der Waals surface area contributed by atoms with Gasteiger partial charge in [-0.05, 0) is 56.7 Å². The van der Waals surface area contributed by atoms with E-state index in [1.54, 1.807) is 18.4 Å². The maximum absolute atomic E-state index is 12.4. The summed E-state index contributed by atoms with van der Waals surface area (Å²) in [5, 5.41) is 4.90. The van der Waals surface area contributed by atoms with E-state index in [9.17, 15) is 4.79 Å². The molecule has 0 atom stereocenters. The highest BCUT2D eigenvalue weighted by Gasteiger charge is 2.27. The van der Waals surface area contributed by atoms with Gasteiger partial charge in [0.2, 0.25) is 0 Å². The van der Waals surface area contributed by atoms with Crippen LogP contribution in [-0.2, 0) is 12.8 Å². The van der Waals surface area contributed by atoms with E-state index >= 15 is 0 Å². The lowest BCUT2D eigenvalue weighted by atomic mass is 10.0. The van der Waals surface area contributed by atoms with Crippen molar-refractivity contribution in [2.75, 3.05) is 18.4 Å². The van der Waals surface area contributed by atoms with Crippen LogP contribution in [0.25, 0.3) is 10.2 Å². The number of hydrogen-bond acceptors (Lipinski definition) is 6. The summed E-state index contributed by atoms with van der Waals surface area (Å²) in [4.78, 5) is 26.3. The molecule has 1 amide bonds. The van der Waals surface area contributed by atoms with Crippen LogP contribution in [0.5, 0.6) is 0 Å². The third kappa shape index (κ3) is 3.00. The molecule has 3 aromatic rings. The minimum absolute atomic E-state index is 0.0191. The van der Waals surface area contributed by atoms with Gasteiger partial charge in [-0.15, -0.1) is 11.3 Å². The van der Waals surface area contributed by atoms with E-state index in [0.29, 0.717) is 11.8 Å². The van der Waals surface area contributed by atoms with Gasteiger partial charge in [-0.25, -0.2) is 9.97 Å². The molecule has 140 valence electrons. The number of thiophene rings is 1. The molecule has 1 aliphatic heterocycles. The van der Waals surface area contributed by atoms with Gasteiger partial charge in [0, 0.05) is 24.0 Å². The van der Waals surface area contributed by atoms with E-state index in [-0.39, 0.29) is 5.91 Å². The van der Waals surface area contributed by atoms with E-state index in [4.69, 9.17) is 9.40 Å². The molecule has 2 aliphatic rings. The lowest BCUT2D eigenvalue weighted by Crippen LogP contribution is -2.42. The first-order chi connectivity index (χ1) is 13.2. The van der Waals surface area contributed by atoms with E-state index in [1.165, 1.54) is 28.7 Å². The summed E-state index contributed by atoms with van der Waals surface area (Å²) in [6.07, 6.45) is 6.89. The van der Waals surface area contributed by atoms with E-state index in [2.05, 4.69) is 10.3 Å². The molecular weight excluding hydrogens is 360 g/mol. The molecular formula is C20H22N4O2S. The van der Waals surface area contributed by atoms with Crippen molar-refractivity contribution < 1.29 is 9.21 Å². The summed E-state index contributed by atoms with van der Waals surface area (Å²) in [7, 11) is 0. The first-order valence-corrected chi connectivity index (χ1v) is 10.4. The number of likely N-dealkylation sites (tertiary alicyclic amines) is 1. The van der Waals surface area contributed by atoms with Gasteiger partial charge in [-0.2, -0.15) is 0 Å². The van der Waals surface area contributed by atoms with Crippen LogP contribution in [0.2, 0.25) is 0 Å². The number of furan rings is 1. The van der Waals surface area contributed by atoms with Crippen molar-refractivity contribution in [1.29, 1.82) is 0 Å². The second-order valence-electron chi connectivity index (χ2n) is 7.35. The molecule has 1 saturated heterocycles. The van der Waals surface area contributed by atoms with Crippen LogP contribution in [0.3, 0.4) is 0 Å². The minimum Gasteiger partial charge on any atom is -0.459 e. The maximum atomic E-state index is 12.4. The Hall–Kier alpha value is -2.41. The van der Waals surface area contributed by atoms with Gasteiger partial charge in [0.15, 0.2) is 5.76 Å². The second kappa shape index (κ2) is 6.64. The average molecular weight is 382 g/mol. The van der Waals surface area contributed by atoms with Crippen molar-refractivity contribution >= 4 is 33.3 Å². The normalized spacial score (nSPS) is 17.4. The molecule has 1 fully saturated rings. The lowest BCUT2D eigenvalue weighted by molar-refractivity contribution is 0.0686. The number of nitrogens with zero attached hydrogens (tertiary/aromatic N) is 3. The van der Waals surface area contributed by atoms with Gasteiger partial charge in [0.1, 0.15) is 16.5 Å². The number of rotatable bonds is 3. The fraction of sp³-hybridized carbons (Fsp3) is 0.450. The molecule has 3 aromatic heterocycles. The molecule has 1 aliphatic carbocycles. The highest BCUT2D eigenvalue weighted by molar-refractivity contribution is 7.19. The number of nitrogens with one attached hydrogen (secondary N) is 1. The summed E-state index contributed by atoms with van der Waals surface area (Å²) >= 11 is 1.83. The van der Waals surface area contributed by atoms with Crippen molar-refractivity contribution in [2.24, 2.45) is 0 Å². The third-order valence-corrected chi connectivity index (χ3v) is 6.72. The zero-order valence-corrected chi connectivity index (χ0v) is 16.1. The van der Waals surface area contributed by atoms with Gasteiger partial charge in [-0.1, -0.05) is 0 Å². The maximum Gasteiger partial charge on any atom is 0.289 e. The van der Waals surface area contributed by atoms with Crippen molar-refractivity contribution in [3.8, 4) is 0 Å². The molecule has 0 unspecified atom stereocenters. The summed E-state index contributed by atoms with van der Waals surface area (Å²) in [5.74, 6) is 2.20. The van der Waals surface area contributed by atoms with Gasteiger partial charge < -0.3 is 14.6 Å². The molecule has 0 aromatic carbocycles. The zero-order chi connectivity index (χ0) is 18.4. The molecule has 0 saturated carbocycles. The molecule has 1 N–H and O–H groups in total. The summed E-state index contributed by atoms with van der Waals surface area (Å²) in [6.45, 7) is 3.42. The zero-order valence-electron chi connectivity index (χ0n) is 15.3. The Kier molecular flexibility index (Phi) is 4.11.